The van der Waals surface area contributed by atoms with Gasteiger partial charge in [-0.15, -0.1) is 0 Å². The van der Waals surface area contributed by atoms with E-state index in [9.17, 15) is 24.0 Å². The number of hydrogen-bond donors (Lipinski definition) is 5. The lowest BCUT2D eigenvalue weighted by atomic mass is 10.1. The van der Waals surface area contributed by atoms with Crippen LogP contribution in [0.25, 0.3) is 0 Å². The van der Waals surface area contributed by atoms with Crippen LogP contribution in [-0.2, 0) is 29.7 Å². The van der Waals surface area contributed by atoms with E-state index in [2.05, 4.69) is 31.9 Å². The molecule has 0 radical (unpaired) electrons. The fourth-order valence-electron chi connectivity index (χ4n) is 2.39. The quantitative estimate of drug-likeness (QED) is 0.255. The Labute approximate surface area is 191 Å². The van der Waals surface area contributed by atoms with Gasteiger partial charge in [0.05, 0.1) is 0 Å². The minimum atomic E-state index is -1.27. The number of thioether (sulfide) groups is 1. The molecular weight excluding hydrogens is 494 g/mol. The molecule has 5 N–H and O–H groups in total. The zero-order chi connectivity index (χ0) is 23.4. The van der Waals surface area contributed by atoms with E-state index in [0.29, 0.717) is 5.75 Å². The third-order valence-electron chi connectivity index (χ3n) is 3.87. The molecule has 0 aliphatic heterocycles. The van der Waals surface area contributed by atoms with Crippen LogP contribution in [0.4, 0.5) is 0 Å². The van der Waals surface area contributed by atoms with Crippen molar-refractivity contribution in [2.75, 3.05) is 12.3 Å². The topological polar surface area (TPSA) is 162 Å². The zero-order valence-electron chi connectivity index (χ0n) is 16.7. The van der Waals surface area contributed by atoms with Gasteiger partial charge in [0, 0.05) is 29.3 Å². The molecule has 3 amide bonds. The van der Waals surface area contributed by atoms with Crippen LogP contribution in [0.15, 0.2) is 28.7 Å². The van der Waals surface area contributed by atoms with Crippen molar-refractivity contribution in [3.63, 3.8) is 0 Å². The maximum absolute atomic E-state index is 12.3. The fourth-order valence-corrected chi connectivity index (χ4v) is 3.67. The van der Waals surface area contributed by atoms with E-state index in [0.717, 1.165) is 10.0 Å². The molecule has 31 heavy (non-hydrogen) atoms. The Morgan fingerprint density at radius 3 is 2.23 bits per heavy atom. The molecule has 0 heterocycles. The Kier molecular flexibility index (Phi) is 11.6. The van der Waals surface area contributed by atoms with E-state index in [1.54, 1.807) is 0 Å². The first-order chi connectivity index (χ1) is 14.6. The molecule has 0 aliphatic carbocycles. The normalized spacial score (nSPS) is 12.3. The summed E-state index contributed by atoms with van der Waals surface area (Å²) in [5, 5.41) is 24.8. The third kappa shape index (κ3) is 11.4. The Balaban J connectivity index is 2.66. The summed E-state index contributed by atoms with van der Waals surface area (Å²) in [6, 6.07) is 5.34. The lowest BCUT2D eigenvalue weighted by Gasteiger charge is -2.19. The van der Waals surface area contributed by atoms with Gasteiger partial charge in [-0.3, -0.25) is 19.2 Å². The number of benzene rings is 1. The third-order valence-corrected chi connectivity index (χ3v) is 5.50. The first-order valence-corrected chi connectivity index (χ1v) is 11.1. The van der Waals surface area contributed by atoms with Crippen LogP contribution in [0.2, 0.25) is 0 Å². The second-order valence-corrected chi connectivity index (χ2v) is 8.45. The van der Waals surface area contributed by atoms with Crippen LogP contribution in [0.5, 0.6) is 0 Å². The molecular formula is C19H24BrN3O7S. The minimum Gasteiger partial charge on any atom is -0.480 e. The van der Waals surface area contributed by atoms with Gasteiger partial charge < -0.3 is 26.2 Å². The molecule has 1 rings (SSSR count). The van der Waals surface area contributed by atoms with Gasteiger partial charge in [-0.2, -0.15) is 11.8 Å². The van der Waals surface area contributed by atoms with Crippen molar-refractivity contribution in [1.82, 2.24) is 16.0 Å². The van der Waals surface area contributed by atoms with Crippen molar-refractivity contribution in [2.45, 2.75) is 37.6 Å². The van der Waals surface area contributed by atoms with Gasteiger partial charge in [0.25, 0.3) is 0 Å². The number of amides is 3. The maximum atomic E-state index is 12.3. The Hall–Kier alpha value is -2.60. The lowest BCUT2D eigenvalue weighted by Crippen LogP contribution is -2.49. The summed E-state index contributed by atoms with van der Waals surface area (Å²) in [6.45, 7) is 0.577. The number of carboxylic acid groups (broad SMARTS) is 2. The second kappa shape index (κ2) is 13.7. The summed E-state index contributed by atoms with van der Waals surface area (Å²) >= 11 is 4.72. The van der Waals surface area contributed by atoms with Crippen LogP contribution in [-0.4, -0.2) is 64.3 Å². The second-order valence-electron chi connectivity index (χ2n) is 6.50. The van der Waals surface area contributed by atoms with E-state index < -0.39 is 48.3 Å². The average Bonchev–Trinajstić information content (AvgIpc) is 2.69. The SMILES string of the molecule is CC(=O)N[C@@H](CCC(=O)NC(CSCc1ccc(Br)cc1)C(=O)NCC(=O)O)C(=O)O. The molecule has 10 nitrogen and oxygen atoms in total. The molecule has 2 atom stereocenters. The predicted octanol–water partition coefficient (Wildman–Crippen LogP) is 0.737. The summed E-state index contributed by atoms with van der Waals surface area (Å²) in [6.07, 6.45) is -0.395. The number of nitrogens with one attached hydrogen (secondary N) is 3. The van der Waals surface area contributed by atoms with E-state index in [-0.39, 0.29) is 18.6 Å². The smallest absolute Gasteiger partial charge is 0.326 e. The number of hydrogen-bond acceptors (Lipinski definition) is 6. The highest BCUT2D eigenvalue weighted by Crippen LogP contribution is 2.16. The zero-order valence-corrected chi connectivity index (χ0v) is 19.1. The highest BCUT2D eigenvalue weighted by Gasteiger charge is 2.24. The van der Waals surface area contributed by atoms with E-state index in [1.165, 1.54) is 18.7 Å². The molecule has 1 aromatic rings. The number of rotatable bonds is 13. The molecule has 0 bridgehead atoms. The van der Waals surface area contributed by atoms with E-state index >= 15 is 0 Å². The molecule has 1 aromatic carbocycles. The predicted molar refractivity (Wildman–Crippen MR) is 117 cm³/mol. The van der Waals surface area contributed by atoms with Gasteiger partial charge >= 0.3 is 11.9 Å². The van der Waals surface area contributed by atoms with Crippen LogP contribution >= 0.6 is 27.7 Å². The molecule has 0 spiro atoms. The summed E-state index contributed by atoms with van der Waals surface area (Å²) in [5.74, 6) is -3.53. The number of carbonyl (C=O) groups excluding carboxylic acids is 3. The van der Waals surface area contributed by atoms with Crippen molar-refractivity contribution in [3.8, 4) is 0 Å². The van der Waals surface area contributed by atoms with Crippen molar-refractivity contribution in [2.24, 2.45) is 0 Å². The molecule has 0 saturated carbocycles. The van der Waals surface area contributed by atoms with E-state index in [4.69, 9.17) is 10.2 Å². The van der Waals surface area contributed by atoms with Crippen molar-refractivity contribution < 1.29 is 34.2 Å². The van der Waals surface area contributed by atoms with Crippen LogP contribution < -0.4 is 16.0 Å². The molecule has 0 aliphatic rings. The Morgan fingerprint density at radius 1 is 1.03 bits per heavy atom. The van der Waals surface area contributed by atoms with Gasteiger partial charge in [-0.25, -0.2) is 4.79 Å². The minimum absolute atomic E-state index is 0.157. The van der Waals surface area contributed by atoms with Gasteiger partial charge in [0.15, 0.2) is 0 Å². The van der Waals surface area contributed by atoms with Crippen LogP contribution in [0.1, 0.15) is 25.3 Å². The largest absolute Gasteiger partial charge is 0.480 e. The van der Waals surface area contributed by atoms with Gasteiger partial charge in [-0.1, -0.05) is 28.1 Å². The van der Waals surface area contributed by atoms with Gasteiger partial charge in [-0.05, 0) is 24.1 Å². The van der Waals surface area contributed by atoms with Crippen molar-refractivity contribution in [3.05, 3.63) is 34.3 Å². The molecule has 12 heteroatoms. The summed E-state index contributed by atoms with van der Waals surface area (Å²) in [5.41, 5.74) is 1.00. The van der Waals surface area contributed by atoms with Crippen LogP contribution in [0, 0.1) is 0 Å². The number of carboxylic acids is 2. The maximum Gasteiger partial charge on any atom is 0.326 e. The lowest BCUT2D eigenvalue weighted by molar-refractivity contribution is -0.142. The Bertz CT molecular complexity index is 804. The van der Waals surface area contributed by atoms with Crippen molar-refractivity contribution in [1.29, 1.82) is 0 Å². The monoisotopic (exact) mass is 517 g/mol. The van der Waals surface area contributed by atoms with Gasteiger partial charge in [0.1, 0.15) is 18.6 Å². The summed E-state index contributed by atoms with van der Waals surface area (Å²) in [4.78, 5) is 57.5. The standard InChI is InChI=1S/C19H24BrN3O7S/c1-11(24)22-14(19(29)30)6-7-16(25)23-15(18(28)21-8-17(26)27)10-31-9-12-2-4-13(20)5-3-12/h2-5,14-15H,6-10H2,1H3,(H,21,28)(H,22,24)(H,23,25)(H,26,27)(H,29,30)/t14-,15?/m0/s1. The molecule has 1 unspecified atom stereocenters. The highest BCUT2D eigenvalue weighted by molar-refractivity contribution is 9.10. The van der Waals surface area contributed by atoms with E-state index in [1.807, 2.05) is 24.3 Å². The molecule has 0 aromatic heterocycles. The molecule has 170 valence electrons. The number of carbonyl (C=O) groups is 5. The summed E-state index contributed by atoms with van der Waals surface area (Å²) in [7, 11) is 0. The fraction of sp³-hybridized carbons (Fsp3) is 0.421. The average molecular weight is 518 g/mol. The molecule has 0 fully saturated rings. The number of aliphatic carboxylic acids is 2. The molecule has 0 saturated heterocycles. The first-order valence-electron chi connectivity index (χ1n) is 9.19. The van der Waals surface area contributed by atoms with Gasteiger partial charge in [0.2, 0.25) is 17.7 Å². The van der Waals surface area contributed by atoms with Crippen LogP contribution in [0.3, 0.4) is 0 Å². The first kappa shape index (κ1) is 26.4. The number of halogens is 1. The highest BCUT2D eigenvalue weighted by atomic mass is 79.9. The summed E-state index contributed by atoms with van der Waals surface area (Å²) < 4.78 is 0.929. The Morgan fingerprint density at radius 2 is 1.68 bits per heavy atom. The van der Waals surface area contributed by atoms with Crippen molar-refractivity contribution >= 4 is 57.4 Å².